The van der Waals surface area contributed by atoms with Gasteiger partial charge in [-0.2, -0.15) is 5.11 Å². The van der Waals surface area contributed by atoms with E-state index in [9.17, 15) is 37.0 Å². The molecule has 4 atom stereocenters. The molecule has 272 valence electrons. The molecule has 14 heteroatoms. The molecule has 3 aromatic rings. The molecule has 4 N–H and O–H groups in total. The molecule has 0 heterocycles. The van der Waals surface area contributed by atoms with Gasteiger partial charge in [-0.05, 0) is 48.1 Å². The van der Waals surface area contributed by atoms with E-state index in [4.69, 9.17) is 10.5 Å². The molecule has 3 rings (SSSR count). The van der Waals surface area contributed by atoms with Gasteiger partial charge in [0.25, 0.3) is 5.91 Å². The van der Waals surface area contributed by atoms with E-state index >= 15 is 0 Å². The van der Waals surface area contributed by atoms with Crippen molar-refractivity contribution < 1.29 is 41.7 Å². The van der Waals surface area contributed by atoms with Crippen molar-refractivity contribution in [1.82, 2.24) is 4.90 Å². The summed E-state index contributed by atoms with van der Waals surface area (Å²) in [4.78, 5) is 28.1. The van der Waals surface area contributed by atoms with Crippen LogP contribution in [0.5, 0.6) is 0 Å². The van der Waals surface area contributed by atoms with Crippen molar-refractivity contribution in [3.63, 3.8) is 0 Å². The van der Waals surface area contributed by atoms with E-state index in [0.717, 1.165) is 17.0 Å². The van der Waals surface area contributed by atoms with Crippen molar-refractivity contribution in [3.8, 4) is 0 Å². The molecule has 0 spiro atoms. The standard InChI is InChI=1S/C36H46F2N4O7S/c1-3-11-30(12-4-2)50(47,48)24-32(40-41-36(46)49-23-25-13-7-5-8-14-25)35(45)42(33(22-43)27-15-9-6-10-16-27)21-34(44)31(39)19-26-17-28(37)20-29(38)18-26/h5-10,13-18,20,30-34,43-44H,3-4,11-12,19,21-24,39H2,1-2H3/t31-,32+,33-,34+/m0/s1. The van der Waals surface area contributed by atoms with Gasteiger partial charge in [0.05, 0.1) is 29.8 Å². The number of azo groups is 1. The van der Waals surface area contributed by atoms with Crippen molar-refractivity contribution >= 4 is 21.8 Å². The van der Waals surface area contributed by atoms with Crippen LogP contribution < -0.4 is 5.73 Å². The highest BCUT2D eigenvalue weighted by atomic mass is 32.2. The van der Waals surface area contributed by atoms with Gasteiger partial charge in [-0.1, -0.05) is 92.5 Å². The highest BCUT2D eigenvalue weighted by Crippen LogP contribution is 2.25. The molecule has 11 nitrogen and oxygen atoms in total. The van der Waals surface area contributed by atoms with E-state index in [1.807, 2.05) is 13.8 Å². The molecular weight excluding hydrogens is 670 g/mol. The summed E-state index contributed by atoms with van der Waals surface area (Å²) in [5.74, 6) is -3.42. The number of aliphatic hydroxyl groups excluding tert-OH is 2. The number of carbonyl (C=O) groups excluding carboxylic acids is 2. The Hall–Kier alpha value is -4.11. The first kappa shape index (κ1) is 40.3. The molecule has 0 saturated carbocycles. The number of hydrogen-bond acceptors (Lipinski definition) is 9. The molecule has 50 heavy (non-hydrogen) atoms. The predicted octanol–water partition coefficient (Wildman–Crippen LogP) is 5.30. The lowest BCUT2D eigenvalue weighted by atomic mass is 9.99. The number of aliphatic hydroxyl groups is 2. The molecule has 2 amide bonds. The number of halogens is 2. The number of nitrogens with two attached hydrogens (primary N) is 1. The van der Waals surface area contributed by atoms with Crippen LogP contribution in [-0.2, 0) is 32.4 Å². The van der Waals surface area contributed by atoms with Crippen LogP contribution in [0, 0.1) is 11.6 Å². The second kappa shape index (κ2) is 19.9. The van der Waals surface area contributed by atoms with E-state index in [1.54, 1.807) is 60.7 Å². The highest BCUT2D eigenvalue weighted by molar-refractivity contribution is 7.92. The van der Waals surface area contributed by atoms with Gasteiger partial charge in [-0.25, -0.2) is 22.0 Å². The average Bonchev–Trinajstić information content (AvgIpc) is 3.09. The third-order valence-electron chi connectivity index (χ3n) is 8.18. The number of carbonyl (C=O) groups is 2. The van der Waals surface area contributed by atoms with Crippen LogP contribution in [0.3, 0.4) is 0 Å². The Balaban J connectivity index is 1.99. The van der Waals surface area contributed by atoms with Gasteiger partial charge < -0.3 is 25.6 Å². The molecule has 0 aliphatic heterocycles. The summed E-state index contributed by atoms with van der Waals surface area (Å²) in [5, 5.41) is 28.4. The van der Waals surface area contributed by atoms with Crippen LogP contribution in [-0.4, -0.2) is 77.9 Å². The zero-order valence-electron chi connectivity index (χ0n) is 28.3. The molecule has 0 aromatic heterocycles. The van der Waals surface area contributed by atoms with Crippen molar-refractivity contribution in [3.05, 3.63) is 107 Å². The molecule has 0 unspecified atom stereocenters. The Kier molecular flexibility index (Phi) is 16.1. The minimum absolute atomic E-state index is 0.142. The van der Waals surface area contributed by atoms with Gasteiger partial charge in [0.1, 0.15) is 18.2 Å². The summed E-state index contributed by atoms with van der Waals surface area (Å²) in [6.07, 6.45) is -1.01. The molecule has 0 fully saturated rings. The van der Waals surface area contributed by atoms with Crippen LogP contribution >= 0.6 is 0 Å². The largest absolute Gasteiger partial charge is 0.452 e. The summed E-state index contributed by atoms with van der Waals surface area (Å²) in [5.41, 5.74) is 7.53. The highest BCUT2D eigenvalue weighted by Gasteiger charge is 2.38. The van der Waals surface area contributed by atoms with Crippen LogP contribution in [0.2, 0.25) is 0 Å². The fourth-order valence-corrected chi connectivity index (χ4v) is 7.73. The molecule has 0 aliphatic carbocycles. The lowest BCUT2D eigenvalue weighted by molar-refractivity contribution is -0.137. The van der Waals surface area contributed by atoms with E-state index < -0.39 is 81.9 Å². The van der Waals surface area contributed by atoms with Gasteiger partial charge in [0.2, 0.25) is 0 Å². The lowest BCUT2D eigenvalue weighted by Crippen LogP contribution is -2.51. The van der Waals surface area contributed by atoms with Crippen molar-refractivity contribution in [2.75, 3.05) is 18.9 Å². The number of hydrogen-bond donors (Lipinski definition) is 3. The monoisotopic (exact) mass is 716 g/mol. The normalized spacial score (nSPS) is 14.3. The number of benzene rings is 3. The molecule has 0 saturated heterocycles. The maximum atomic E-state index is 14.4. The van der Waals surface area contributed by atoms with E-state index in [1.165, 1.54) is 0 Å². The Bertz CT molecular complexity index is 1620. The molecule has 0 aliphatic rings. The third-order valence-corrected chi connectivity index (χ3v) is 10.4. The second-order valence-electron chi connectivity index (χ2n) is 12.1. The zero-order valence-corrected chi connectivity index (χ0v) is 29.1. The first-order chi connectivity index (χ1) is 23.9. The summed E-state index contributed by atoms with van der Waals surface area (Å²) in [7, 11) is -3.99. The molecule has 0 bridgehead atoms. The van der Waals surface area contributed by atoms with Gasteiger partial charge in [-0.3, -0.25) is 4.79 Å². The van der Waals surface area contributed by atoms with Gasteiger partial charge in [-0.15, -0.1) is 0 Å². The molecule has 0 radical (unpaired) electrons. The molecule has 3 aromatic carbocycles. The molecular formula is C36H46F2N4O7S. The zero-order chi connectivity index (χ0) is 36.7. The summed E-state index contributed by atoms with van der Waals surface area (Å²) >= 11 is 0. The van der Waals surface area contributed by atoms with Crippen LogP contribution in [0.1, 0.15) is 62.3 Å². The summed E-state index contributed by atoms with van der Waals surface area (Å²) in [6, 6.07) is 15.9. The van der Waals surface area contributed by atoms with Crippen molar-refractivity contribution in [2.24, 2.45) is 16.0 Å². The average molecular weight is 717 g/mol. The Morgan fingerprint density at radius 3 is 2.06 bits per heavy atom. The van der Waals surface area contributed by atoms with Crippen molar-refractivity contribution in [1.29, 1.82) is 0 Å². The Labute approximate surface area is 292 Å². The van der Waals surface area contributed by atoms with Crippen LogP contribution in [0.4, 0.5) is 13.6 Å². The van der Waals surface area contributed by atoms with Gasteiger partial charge >= 0.3 is 6.09 Å². The smallest absolute Gasteiger partial charge is 0.442 e. The SMILES string of the molecule is CCCC(CCC)S(=O)(=O)C[C@@H](N=NC(=O)OCc1ccccc1)C(=O)N(C[C@@H](O)[C@@H](N)Cc1cc(F)cc(F)c1)[C@@H](CO)c1ccccc1. The minimum Gasteiger partial charge on any atom is -0.442 e. The predicted molar refractivity (Wildman–Crippen MR) is 185 cm³/mol. The summed E-state index contributed by atoms with van der Waals surface area (Å²) in [6.45, 7) is 2.38. The third kappa shape index (κ3) is 12.3. The number of nitrogens with zero attached hydrogens (tertiary/aromatic N) is 3. The number of rotatable bonds is 19. The first-order valence-corrected chi connectivity index (χ1v) is 18.3. The number of ether oxygens (including phenoxy) is 1. The Morgan fingerprint density at radius 2 is 1.50 bits per heavy atom. The van der Waals surface area contributed by atoms with E-state index in [0.29, 0.717) is 42.9 Å². The first-order valence-electron chi connectivity index (χ1n) is 16.6. The van der Waals surface area contributed by atoms with E-state index in [-0.39, 0.29) is 18.6 Å². The topological polar surface area (TPSA) is 172 Å². The van der Waals surface area contributed by atoms with Gasteiger partial charge in [0, 0.05) is 18.7 Å². The van der Waals surface area contributed by atoms with E-state index in [2.05, 4.69) is 10.2 Å². The summed E-state index contributed by atoms with van der Waals surface area (Å²) < 4.78 is 60.3. The lowest BCUT2D eigenvalue weighted by Gasteiger charge is -2.35. The fraction of sp³-hybridized carbons (Fsp3) is 0.444. The second-order valence-corrected chi connectivity index (χ2v) is 14.4. The number of amides is 2. The quantitative estimate of drug-likeness (QED) is 0.140. The van der Waals surface area contributed by atoms with Crippen molar-refractivity contribution in [2.45, 2.75) is 82.0 Å². The fourth-order valence-electron chi connectivity index (χ4n) is 5.62. The maximum absolute atomic E-state index is 14.4. The maximum Gasteiger partial charge on any atom is 0.452 e. The van der Waals surface area contributed by atoms with Gasteiger partial charge in [0.15, 0.2) is 15.9 Å². The Morgan fingerprint density at radius 1 is 0.920 bits per heavy atom. The van der Waals surface area contributed by atoms with Crippen LogP contribution in [0.15, 0.2) is 89.1 Å². The number of sulfone groups is 1. The van der Waals surface area contributed by atoms with Crippen LogP contribution in [0.25, 0.3) is 0 Å². The minimum atomic E-state index is -3.99.